The highest BCUT2D eigenvalue weighted by atomic mass is 35.5. The third-order valence-electron chi connectivity index (χ3n) is 8.02. The zero-order chi connectivity index (χ0) is 32.6. The molecule has 2 amide bonds. The van der Waals surface area contributed by atoms with Crippen molar-refractivity contribution in [2.75, 3.05) is 25.5 Å². The lowest BCUT2D eigenvalue weighted by molar-refractivity contribution is -0.142. The first kappa shape index (κ1) is 35.9. The van der Waals surface area contributed by atoms with Gasteiger partial charge in [-0.2, -0.15) is 4.31 Å². The van der Waals surface area contributed by atoms with E-state index in [0.29, 0.717) is 24.2 Å². The van der Waals surface area contributed by atoms with E-state index in [2.05, 4.69) is 15.6 Å². The van der Waals surface area contributed by atoms with Crippen LogP contribution >= 0.6 is 46.4 Å². The number of fused-ring (bicyclic) bond motifs is 1. The minimum atomic E-state index is -4.22. The molecule has 3 N–H and O–H groups in total. The Morgan fingerprint density at radius 1 is 1.02 bits per heavy atom. The van der Waals surface area contributed by atoms with Crippen molar-refractivity contribution in [3.8, 4) is 0 Å². The van der Waals surface area contributed by atoms with E-state index >= 15 is 0 Å². The Kier molecular flexibility index (Phi) is 11.3. The number of carbonyl (C=O) groups excluding carboxylic acids is 2. The van der Waals surface area contributed by atoms with Crippen LogP contribution in [0, 0.1) is 5.92 Å². The van der Waals surface area contributed by atoms with Gasteiger partial charge < -0.3 is 20.6 Å². The second kappa shape index (κ2) is 14.4. The van der Waals surface area contributed by atoms with Gasteiger partial charge in [0.15, 0.2) is 0 Å². The van der Waals surface area contributed by atoms with Gasteiger partial charge in [-0.1, -0.05) is 66.0 Å². The van der Waals surface area contributed by atoms with E-state index < -0.39 is 39.9 Å². The number of hydrogen-bond donors (Lipinski definition) is 3. The summed E-state index contributed by atoms with van der Waals surface area (Å²) in [5.74, 6) is -2.91. The van der Waals surface area contributed by atoms with E-state index in [1.807, 2.05) is 11.9 Å². The molecule has 4 atom stereocenters. The van der Waals surface area contributed by atoms with Crippen molar-refractivity contribution in [1.82, 2.24) is 19.5 Å². The molecule has 2 aliphatic heterocycles. The molecule has 0 saturated carbocycles. The highest BCUT2D eigenvalue weighted by Crippen LogP contribution is 2.39. The summed E-state index contributed by atoms with van der Waals surface area (Å²) in [4.78, 5) is 44.4. The summed E-state index contributed by atoms with van der Waals surface area (Å²) in [6.07, 6.45) is 3.05. The third-order valence-corrected chi connectivity index (χ3v) is 10.9. The maximum atomic E-state index is 13.8. The van der Waals surface area contributed by atoms with Crippen LogP contribution in [0.2, 0.25) is 20.1 Å². The predicted molar refractivity (Wildman–Crippen MR) is 177 cm³/mol. The van der Waals surface area contributed by atoms with Crippen molar-refractivity contribution in [3.63, 3.8) is 0 Å². The van der Waals surface area contributed by atoms with Crippen molar-refractivity contribution < 1.29 is 27.9 Å². The molecule has 3 aromatic rings. The van der Waals surface area contributed by atoms with Gasteiger partial charge in [0.05, 0.1) is 20.5 Å². The lowest BCUT2D eigenvalue weighted by atomic mass is 9.95. The molecule has 5 rings (SSSR count). The normalized spacial score (nSPS) is 20.4. The summed E-state index contributed by atoms with van der Waals surface area (Å²) >= 11 is 24.3. The molecule has 2 saturated heterocycles. The van der Waals surface area contributed by atoms with Crippen LogP contribution in [0.3, 0.4) is 0 Å². The fourth-order valence-electron chi connectivity index (χ4n) is 5.82. The number of aliphatic carboxylic acids is 1. The standard InChI is InChI=1S/C29H27Cl4N5O6S.CH4/c1-37-7-6-20-24(37)14-38(45(43,44)19-10-16(30)9-17(31)11-19)26(20)28(40)36-23(29(41)42)8-15-2-4-18(5-3-15)35-27(39)25-21(32)12-34-13-22(25)33;/h2-5,9-13,20,23-24,26H,6-8,14H2,1H3,(H,35,39)(H,36,40)(H,41,42);1H4/t20?,23-,24+,26-;/m0./s1. The number of carboxylic acid groups (broad SMARTS) is 1. The monoisotopic (exact) mass is 729 g/mol. The van der Waals surface area contributed by atoms with Crippen LogP contribution in [-0.2, 0) is 26.0 Å². The number of anilines is 1. The lowest BCUT2D eigenvalue weighted by Crippen LogP contribution is -2.53. The Balaban J connectivity index is 0.00000480. The number of amides is 2. The summed E-state index contributed by atoms with van der Waals surface area (Å²) in [5, 5.41) is 15.7. The first-order valence-corrected chi connectivity index (χ1v) is 16.6. The molecule has 246 valence electrons. The van der Waals surface area contributed by atoms with Gasteiger partial charge in [-0.25, -0.2) is 13.2 Å². The van der Waals surface area contributed by atoms with Gasteiger partial charge in [-0.15, -0.1) is 0 Å². The summed E-state index contributed by atoms with van der Waals surface area (Å²) in [5.41, 5.74) is 1.000. The Morgan fingerprint density at radius 2 is 1.63 bits per heavy atom. The second-order valence-electron chi connectivity index (χ2n) is 10.9. The van der Waals surface area contributed by atoms with Crippen LogP contribution in [0.4, 0.5) is 5.69 Å². The zero-order valence-electron chi connectivity index (χ0n) is 23.6. The Hall–Kier alpha value is -2.97. The van der Waals surface area contributed by atoms with Crippen LogP contribution in [0.25, 0.3) is 0 Å². The number of nitrogens with one attached hydrogen (secondary N) is 2. The summed E-state index contributed by atoms with van der Waals surface area (Å²) in [7, 11) is -2.36. The minimum Gasteiger partial charge on any atom is -0.480 e. The minimum absolute atomic E-state index is 0. The second-order valence-corrected chi connectivity index (χ2v) is 14.4. The fourth-order valence-corrected chi connectivity index (χ4v) is 8.73. The molecule has 16 heteroatoms. The van der Waals surface area contributed by atoms with Crippen molar-refractivity contribution in [1.29, 1.82) is 0 Å². The number of likely N-dealkylation sites (tertiary alicyclic amines) is 1. The van der Waals surface area contributed by atoms with Gasteiger partial charge in [0.1, 0.15) is 12.1 Å². The number of likely N-dealkylation sites (N-methyl/N-ethyl adjacent to an activating group) is 1. The molecular weight excluding hydrogens is 700 g/mol. The van der Waals surface area contributed by atoms with Crippen LogP contribution in [0.1, 0.15) is 29.8 Å². The average Bonchev–Trinajstić information content (AvgIpc) is 3.53. The molecule has 0 bridgehead atoms. The lowest BCUT2D eigenvalue weighted by Gasteiger charge is -2.27. The highest BCUT2D eigenvalue weighted by molar-refractivity contribution is 7.89. The largest absolute Gasteiger partial charge is 0.480 e. The molecular formula is C30H31Cl4N5O6S. The SMILES string of the molecule is C.CN1CCC2[C@H]1CN(S(=O)(=O)c1cc(Cl)cc(Cl)c1)[C@@H]2C(=O)N[C@@H](Cc1ccc(NC(=O)c2c(Cl)cncc2Cl)cc1)C(=O)O. The number of halogens is 4. The number of hydrogen-bond acceptors (Lipinski definition) is 7. The van der Waals surface area contributed by atoms with Crippen LogP contribution in [0.5, 0.6) is 0 Å². The summed E-state index contributed by atoms with van der Waals surface area (Å²) < 4.78 is 28.7. The number of pyridine rings is 1. The van der Waals surface area contributed by atoms with Gasteiger partial charge in [0.2, 0.25) is 15.9 Å². The Bertz CT molecular complexity index is 1720. The summed E-state index contributed by atoms with van der Waals surface area (Å²) in [6.45, 7) is 0.716. The first-order valence-electron chi connectivity index (χ1n) is 13.7. The van der Waals surface area contributed by atoms with Crippen molar-refractivity contribution in [2.45, 2.75) is 43.3 Å². The van der Waals surface area contributed by atoms with Crippen LogP contribution < -0.4 is 10.6 Å². The molecule has 2 aromatic carbocycles. The zero-order valence-corrected chi connectivity index (χ0v) is 27.4. The molecule has 46 heavy (non-hydrogen) atoms. The van der Waals surface area contributed by atoms with Crippen molar-refractivity contribution in [2.24, 2.45) is 5.92 Å². The molecule has 2 aliphatic rings. The summed E-state index contributed by atoms with van der Waals surface area (Å²) in [6, 6.07) is 7.54. The van der Waals surface area contributed by atoms with Gasteiger partial charge in [-0.3, -0.25) is 14.6 Å². The van der Waals surface area contributed by atoms with E-state index in [4.69, 9.17) is 46.4 Å². The van der Waals surface area contributed by atoms with E-state index in [-0.39, 0.29) is 62.9 Å². The quantitative estimate of drug-likeness (QED) is 0.276. The van der Waals surface area contributed by atoms with Crippen LogP contribution in [-0.4, -0.2) is 83.8 Å². The van der Waals surface area contributed by atoms with Gasteiger partial charge >= 0.3 is 5.97 Å². The Labute approximate surface area is 286 Å². The van der Waals surface area contributed by atoms with Crippen LogP contribution in [0.15, 0.2) is 59.8 Å². The smallest absolute Gasteiger partial charge is 0.326 e. The molecule has 1 aromatic heterocycles. The number of carbonyl (C=O) groups is 3. The topological polar surface area (TPSA) is 149 Å². The number of benzene rings is 2. The first-order chi connectivity index (χ1) is 21.3. The van der Waals surface area contributed by atoms with E-state index in [1.54, 1.807) is 24.3 Å². The average molecular weight is 731 g/mol. The number of sulfonamides is 1. The van der Waals surface area contributed by atoms with Crippen molar-refractivity contribution in [3.05, 3.63) is 86.1 Å². The molecule has 3 heterocycles. The highest BCUT2D eigenvalue weighted by Gasteiger charge is 2.54. The number of carboxylic acids is 1. The van der Waals surface area contributed by atoms with Crippen molar-refractivity contribution >= 4 is 79.9 Å². The Morgan fingerprint density at radius 3 is 2.22 bits per heavy atom. The number of nitrogens with zero attached hydrogens (tertiary/aromatic N) is 3. The molecule has 11 nitrogen and oxygen atoms in total. The maximum absolute atomic E-state index is 13.8. The molecule has 0 aliphatic carbocycles. The molecule has 0 spiro atoms. The van der Waals surface area contributed by atoms with E-state index in [1.165, 1.54) is 30.6 Å². The van der Waals surface area contributed by atoms with E-state index in [0.717, 1.165) is 4.31 Å². The molecule has 2 fully saturated rings. The van der Waals surface area contributed by atoms with Gasteiger partial charge in [0.25, 0.3) is 5.91 Å². The third kappa shape index (κ3) is 7.44. The maximum Gasteiger partial charge on any atom is 0.326 e. The predicted octanol–water partition coefficient (Wildman–Crippen LogP) is 5.09. The van der Waals surface area contributed by atoms with Gasteiger partial charge in [-0.05, 0) is 55.9 Å². The molecule has 1 unspecified atom stereocenters. The fraction of sp³-hybridized carbons (Fsp3) is 0.333. The van der Waals surface area contributed by atoms with E-state index in [9.17, 15) is 27.9 Å². The number of rotatable bonds is 9. The molecule has 0 radical (unpaired) electrons. The number of aromatic nitrogens is 1. The van der Waals surface area contributed by atoms with Gasteiger partial charge in [0, 0.05) is 53.1 Å².